The topological polar surface area (TPSA) is 81.5 Å². The van der Waals surface area contributed by atoms with Gasteiger partial charge in [-0.3, -0.25) is 14.9 Å². The lowest BCUT2D eigenvalue weighted by molar-refractivity contribution is -0.384. The maximum Gasteiger partial charge on any atom is 0.270 e. The van der Waals surface area contributed by atoms with Crippen molar-refractivity contribution in [2.45, 2.75) is 19.3 Å². The average Bonchev–Trinajstić information content (AvgIpc) is 3.06. The Morgan fingerprint density at radius 2 is 2.00 bits per heavy atom. The maximum atomic E-state index is 13.7. The number of nitro benzene ring substituents is 1. The molecule has 1 aliphatic rings. The van der Waals surface area contributed by atoms with Crippen LogP contribution < -0.4 is 10.1 Å². The van der Waals surface area contributed by atoms with Gasteiger partial charge in [-0.15, -0.1) is 0 Å². The number of rotatable bonds is 6. The van der Waals surface area contributed by atoms with Gasteiger partial charge < -0.3 is 10.1 Å². The van der Waals surface area contributed by atoms with Gasteiger partial charge in [0, 0.05) is 12.1 Å². The van der Waals surface area contributed by atoms with E-state index >= 15 is 0 Å². The molecule has 6 nitrogen and oxygen atoms in total. The highest BCUT2D eigenvalue weighted by Crippen LogP contribution is 2.25. The Morgan fingerprint density at radius 1 is 1.20 bits per heavy atom. The number of hydrogen-bond acceptors (Lipinski definition) is 4. The smallest absolute Gasteiger partial charge is 0.270 e. The van der Waals surface area contributed by atoms with Crippen molar-refractivity contribution >= 4 is 11.6 Å². The lowest BCUT2D eigenvalue weighted by Gasteiger charge is -2.09. The second kappa shape index (κ2) is 7.29. The van der Waals surface area contributed by atoms with Crippen molar-refractivity contribution in [2.24, 2.45) is 0 Å². The van der Waals surface area contributed by atoms with Crippen LogP contribution in [0.5, 0.6) is 5.75 Å². The molecule has 0 saturated heterocycles. The Bertz CT molecular complexity index is 823. The molecule has 0 saturated carbocycles. The van der Waals surface area contributed by atoms with Gasteiger partial charge in [0.2, 0.25) is 0 Å². The highest BCUT2D eigenvalue weighted by molar-refractivity contribution is 5.95. The summed E-state index contributed by atoms with van der Waals surface area (Å²) in [6, 6.07) is 8.80. The number of nitrogens with one attached hydrogen (secondary N) is 1. The molecule has 0 atom stereocenters. The molecule has 0 bridgehead atoms. The van der Waals surface area contributed by atoms with Crippen LogP contribution in [0.1, 0.15) is 27.9 Å². The molecule has 7 heteroatoms. The number of non-ortho nitro benzene ring substituents is 1. The number of fused-ring (bicyclic) bond motifs is 1. The second-order valence-electron chi connectivity index (χ2n) is 5.81. The minimum atomic E-state index is -0.803. The van der Waals surface area contributed by atoms with Crippen LogP contribution in [0.3, 0.4) is 0 Å². The molecule has 1 aliphatic carbocycles. The predicted octanol–water partition coefficient (Wildman–Crippen LogP) is 3.03. The number of carbonyl (C=O) groups is 1. The van der Waals surface area contributed by atoms with Crippen molar-refractivity contribution in [2.75, 3.05) is 13.2 Å². The van der Waals surface area contributed by atoms with Crippen molar-refractivity contribution in [1.82, 2.24) is 5.32 Å². The van der Waals surface area contributed by atoms with Crippen LogP contribution in [0.25, 0.3) is 0 Å². The molecule has 2 aromatic rings. The van der Waals surface area contributed by atoms with Gasteiger partial charge in [0.15, 0.2) is 0 Å². The predicted molar refractivity (Wildman–Crippen MR) is 89.3 cm³/mol. The third-order valence-electron chi connectivity index (χ3n) is 4.13. The number of aryl methyl sites for hydroxylation is 2. The lowest BCUT2D eigenvalue weighted by atomic mass is 10.1. The van der Waals surface area contributed by atoms with E-state index in [1.807, 2.05) is 12.1 Å². The SMILES string of the molecule is O=C(NCCOc1ccc2c(c1)CCC2)c1cc([N+](=O)[O-])ccc1F. The van der Waals surface area contributed by atoms with Crippen molar-refractivity contribution in [3.8, 4) is 5.75 Å². The van der Waals surface area contributed by atoms with Crippen molar-refractivity contribution < 1.29 is 18.8 Å². The van der Waals surface area contributed by atoms with E-state index in [0.29, 0.717) is 0 Å². The molecule has 130 valence electrons. The zero-order valence-corrected chi connectivity index (χ0v) is 13.5. The summed E-state index contributed by atoms with van der Waals surface area (Å²) >= 11 is 0. The van der Waals surface area contributed by atoms with E-state index in [9.17, 15) is 19.3 Å². The molecule has 1 amide bonds. The standard InChI is InChI=1S/C18H17FN2O4/c19-17-7-5-14(21(23)24)11-16(17)18(22)20-8-9-25-15-6-4-12-2-1-3-13(12)10-15/h4-7,10-11H,1-3,8-9H2,(H,20,22). The minimum Gasteiger partial charge on any atom is -0.492 e. The van der Waals surface area contributed by atoms with Crippen LogP contribution in [0.4, 0.5) is 10.1 Å². The fourth-order valence-electron chi connectivity index (χ4n) is 2.87. The van der Waals surface area contributed by atoms with Crippen molar-refractivity contribution in [1.29, 1.82) is 0 Å². The summed E-state index contributed by atoms with van der Waals surface area (Å²) in [4.78, 5) is 22.0. The third kappa shape index (κ3) is 3.93. The number of hydrogen-bond donors (Lipinski definition) is 1. The summed E-state index contributed by atoms with van der Waals surface area (Å²) in [5.74, 6) is -0.780. The molecule has 0 radical (unpaired) electrons. The second-order valence-corrected chi connectivity index (χ2v) is 5.81. The summed E-state index contributed by atoms with van der Waals surface area (Å²) in [5.41, 5.74) is 1.95. The van der Waals surface area contributed by atoms with Gasteiger partial charge in [-0.1, -0.05) is 6.07 Å². The van der Waals surface area contributed by atoms with Crippen LogP contribution in [0, 0.1) is 15.9 Å². The first-order valence-electron chi connectivity index (χ1n) is 8.01. The minimum absolute atomic E-state index is 0.165. The van der Waals surface area contributed by atoms with Gasteiger partial charge >= 0.3 is 0 Å². The van der Waals surface area contributed by atoms with Crippen molar-refractivity contribution in [3.63, 3.8) is 0 Å². The van der Waals surface area contributed by atoms with E-state index < -0.39 is 16.6 Å². The van der Waals surface area contributed by atoms with E-state index in [4.69, 9.17) is 4.74 Å². The molecule has 0 unspecified atom stereocenters. The Morgan fingerprint density at radius 3 is 2.80 bits per heavy atom. The largest absolute Gasteiger partial charge is 0.492 e. The zero-order chi connectivity index (χ0) is 17.8. The van der Waals surface area contributed by atoms with Gasteiger partial charge in [-0.25, -0.2) is 4.39 Å². The fourth-order valence-corrected chi connectivity index (χ4v) is 2.87. The number of halogens is 1. The van der Waals surface area contributed by atoms with Crippen LogP contribution in [-0.4, -0.2) is 24.0 Å². The fraction of sp³-hybridized carbons (Fsp3) is 0.278. The molecular formula is C18H17FN2O4. The monoisotopic (exact) mass is 344 g/mol. The van der Waals surface area contributed by atoms with E-state index in [2.05, 4.69) is 11.4 Å². The number of nitro groups is 1. The van der Waals surface area contributed by atoms with Gasteiger partial charge in [0.25, 0.3) is 11.6 Å². The van der Waals surface area contributed by atoms with Crippen LogP contribution in [0.15, 0.2) is 36.4 Å². The number of amides is 1. The van der Waals surface area contributed by atoms with E-state index in [1.165, 1.54) is 11.1 Å². The lowest BCUT2D eigenvalue weighted by Crippen LogP contribution is -2.28. The van der Waals surface area contributed by atoms with E-state index in [1.54, 1.807) is 0 Å². The van der Waals surface area contributed by atoms with Gasteiger partial charge in [0.05, 0.1) is 17.0 Å². The van der Waals surface area contributed by atoms with Gasteiger partial charge in [-0.2, -0.15) is 0 Å². The molecule has 3 rings (SSSR count). The molecule has 0 aliphatic heterocycles. The highest BCUT2D eigenvalue weighted by atomic mass is 19.1. The van der Waals surface area contributed by atoms with Gasteiger partial charge in [0.1, 0.15) is 18.2 Å². The number of benzene rings is 2. The van der Waals surface area contributed by atoms with Crippen molar-refractivity contribution in [3.05, 3.63) is 69.0 Å². The van der Waals surface area contributed by atoms with E-state index in [0.717, 1.165) is 43.2 Å². The maximum absolute atomic E-state index is 13.7. The normalized spacial score (nSPS) is 12.5. The highest BCUT2D eigenvalue weighted by Gasteiger charge is 2.16. The number of carbonyl (C=O) groups excluding carboxylic acids is 1. The van der Waals surface area contributed by atoms with E-state index in [-0.39, 0.29) is 24.4 Å². The molecule has 0 fully saturated rings. The summed E-state index contributed by atoms with van der Waals surface area (Å²) in [6.07, 6.45) is 3.30. The summed E-state index contributed by atoms with van der Waals surface area (Å²) in [7, 11) is 0. The third-order valence-corrected chi connectivity index (χ3v) is 4.13. The summed E-state index contributed by atoms with van der Waals surface area (Å²) in [6.45, 7) is 0.388. The molecular weight excluding hydrogens is 327 g/mol. The van der Waals surface area contributed by atoms with Crippen LogP contribution >= 0.6 is 0 Å². The molecule has 0 heterocycles. The Kier molecular flexibility index (Phi) is 4.92. The molecule has 25 heavy (non-hydrogen) atoms. The Hall–Kier alpha value is -2.96. The van der Waals surface area contributed by atoms with Crippen LogP contribution in [-0.2, 0) is 12.8 Å². The Labute approximate surface area is 143 Å². The van der Waals surface area contributed by atoms with Gasteiger partial charge in [-0.05, 0) is 48.6 Å². The first-order chi connectivity index (χ1) is 12.0. The Balaban J connectivity index is 1.53. The molecule has 1 N–H and O–H groups in total. The zero-order valence-electron chi connectivity index (χ0n) is 13.5. The number of nitrogens with zero attached hydrogens (tertiary/aromatic N) is 1. The summed E-state index contributed by atoms with van der Waals surface area (Å²) < 4.78 is 19.3. The first kappa shape index (κ1) is 16.9. The molecule has 2 aromatic carbocycles. The number of ether oxygens (including phenoxy) is 1. The molecule has 0 aromatic heterocycles. The van der Waals surface area contributed by atoms with Crippen LogP contribution in [0.2, 0.25) is 0 Å². The molecule has 0 spiro atoms. The summed E-state index contributed by atoms with van der Waals surface area (Å²) in [5, 5.41) is 13.2. The average molecular weight is 344 g/mol. The first-order valence-corrected chi connectivity index (χ1v) is 8.01. The quantitative estimate of drug-likeness (QED) is 0.496.